The first-order valence-electron chi connectivity index (χ1n) is 5.19. The van der Waals surface area contributed by atoms with Crippen LogP contribution in [-0.4, -0.2) is 29.9 Å². The lowest BCUT2D eigenvalue weighted by atomic mass is 10.2. The van der Waals surface area contributed by atoms with E-state index in [9.17, 15) is 0 Å². The molecule has 0 amide bonds. The zero-order valence-corrected chi connectivity index (χ0v) is 8.85. The molecule has 1 aliphatic rings. The van der Waals surface area contributed by atoms with Crippen LogP contribution in [0.15, 0.2) is 18.3 Å². The van der Waals surface area contributed by atoms with Gasteiger partial charge in [0, 0.05) is 18.2 Å². The van der Waals surface area contributed by atoms with E-state index in [1.807, 2.05) is 12.1 Å². The number of rotatable bonds is 2. The minimum Gasteiger partial charge on any atom is -0.395 e. The minimum atomic E-state index is -0.334. The zero-order valence-electron chi connectivity index (χ0n) is 8.85. The van der Waals surface area contributed by atoms with Crippen molar-refractivity contribution in [2.24, 2.45) is 0 Å². The molecule has 1 saturated heterocycles. The molecule has 0 radical (unpaired) electrons. The van der Waals surface area contributed by atoms with Gasteiger partial charge in [-0.2, -0.15) is 0 Å². The van der Waals surface area contributed by atoms with Gasteiger partial charge in [0.1, 0.15) is 0 Å². The summed E-state index contributed by atoms with van der Waals surface area (Å²) in [5.74, 6) is 5.75. The van der Waals surface area contributed by atoms with Crippen molar-refractivity contribution >= 4 is 0 Å². The van der Waals surface area contributed by atoms with Gasteiger partial charge in [0.2, 0.25) is 6.29 Å². The van der Waals surface area contributed by atoms with Gasteiger partial charge in [-0.25, -0.2) is 0 Å². The maximum Gasteiger partial charge on any atom is 0.201 e. The molecule has 0 aliphatic carbocycles. The molecule has 1 aromatic rings. The summed E-state index contributed by atoms with van der Waals surface area (Å²) in [5.41, 5.74) is 1.60. The molecule has 0 aromatic carbocycles. The van der Waals surface area contributed by atoms with Gasteiger partial charge in [-0.05, 0) is 12.1 Å². The van der Waals surface area contributed by atoms with Crippen LogP contribution in [0.3, 0.4) is 0 Å². The molecule has 0 atom stereocenters. The summed E-state index contributed by atoms with van der Waals surface area (Å²) < 4.78 is 10.6. The van der Waals surface area contributed by atoms with Gasteiger partial charge in [-0.15, -0.1) is 0 Å². The maximum atomic E-state index is 8.58. The fraction of sp³-hybridized carbons (Fsp3) is 0.417. The van der Waals surface area contributed by atoms with Crippen molar-refractivity contribution in [2.75, 3.05) is 19.8 Å². The molecule has 4 nitrogen and oxygen atoms in total. The SMILES string of the molecule is OCCC#Cc1ccc(C2OCCO2)nc1. The third-order valence-corrected chi connectivity index (χ3v) is 2.12. The minimum absolute atomic E-state index is 0.0856. The standard InChI is InChI=1S/C12H13NO3/c14-6-2-1-3-10-4-5-11(13-9-10)12-15-7-8-16-12/h4-5,9,12,14H,2,6-8H2. The van der Waals surface area contributed by atoms with Crippen molar-refractivity contribution in [3.05, 3.63) is 29.6 Å². The van der Waals surface area contributed by atoms with E-state index in [2.05, 4.69) is 16.8 Å². The van der Waals surface area contributed by atoms with Crippen LogP contribution in [0.5, 0.6) is 0 Å². The smallest absolute Gasteiger partial charge is 0.201 e. The molecule has 1 aromatic heterocycles. The Labute approximate surface area is 94.2 Å². The molecule has 0 spiro atoms. The summed E-state index contributed by atoms with van der Waals surface area (Å²) in [5, 5.41) is 8.58. The molecular weight excluding hydrogens is 206 g/mol. The Balaban J connectivity index is 2.02. The van der Waals surface area contributed by atoms with E-state index < -0.39 is 0 Å². The first-order valence-corrected chi connectivity index (χ1v) is 5.19. The Bertz CT molecular complexity index is 385. The topological polar surface area (TPSA) is 51.6 Å². The van der Waals surface area contributed by atoms with Crippen molar-refractivity contribution in [3.63, 3.8) is 0 Å². The van der Waals surface area contributed by atoms with Crippen LogP contribution in [0, 0.1) is 11.8 Å². The fourth-order valence-corrected chi connectivity index (χ4v) is 1.37. The molecule has 1 N–H and O–H groups in total. The zero-order chi connectivity index (χ0) is 11.2. The molecule has 0 unspecified atom stereocenters. The molecule has 0 saturated carbocycles. The molecule has 84 valence electrons. The molecule has 4 heteroatoms. The van der Waals surface area contributed by atoms with Crippen molar-refractivity contribution in [1.29, 1.82) is 0 Å². The quantitative estimate of drug-likeness (QED) is 0.749. The van der Waals surface area contributed by atoms with Gasteiger partial charge in [0.15, 0.2) is 0 Å². The van der Waals surface area contributed by atoms with Crippen molar-refractivity contribution in [3.8, 4) is 11.8 Å². The van der Waals surface area contributed by atoms with Gasteiger partial charge in [0.05, 0.1) is 25.5 Å². The summed E-state index contributed by atoms with van der Waals surface area (Å²) in [6.45, 7) is 1.32. The second kappa shape index (κ2) is 5.61. The Morgan fingerprint density at radius 1 is 1.38 bits per heavy atom. The lowest BCUT2D eigenvalue weighted by Crippen LogP contribution is -2.00. The third-order valence-electron chi connectivity index (χ3n) is 2.12. The molecule has 16 heavy (non-hydrogen) atoms. The van der Waals surface area contributed by atoms with Crippen LogP contribution in [0.2, 0.25) is 0 Å². The number of aromatic nitrogens is 1. The van der Waals surface area contributed by atoms with E-state index in [0.717, 1.165) is 11.3 Å². The van der Waals surface area contributed by atoms with E-state index in [4.69, 9.17) is 14.6 Å². The number of hydrogen-bond acceptors (Lipinski definition) is 4. The Morgan fingerprint density at radius 2 is 2.19 bits per heavy atom. The normalized spacial score (nSPS) is 15.8. The lowest BCUT2D eigenvalue weighted by molar-refractivity contribution is -0.0472. The van der Waals surface area contributed by atoms with Crippen LogP contribution >= 0.6 is 0 Å². The summed E-state index contributed by atoms with van der Waals surface area (Å²) >= 11 is 0. The van der Waals surface area contributed by atoms with Gasteiger partial charge in [0.25, 0.3) is 0 Å². The number of aliphatic hydroxyl groups is 1. The van der Waals surface area contributed by atoms with E-state index >= 15 is 0 Å². The van der Waals surface area contributed by atoms with E-state index in [0.29, 0.717) is 19.6 Å². The lowest BCUT2D eigenvalue weighted by Gasteiger charge is -2.07. The predicted molar refractivity (Wildman–Crippen MR) is 57.5 cm³/mol. The second-order valence-electron chi connectivity index (χ2n) is 3.32. The molecular formula is C12H13NO3. The number of hydrogen-bond donors (Lipinski definition) is 1. The second-order valence-corrected chi connectivity index (χ2v) is 3.32. The van der Waals surface area contributed by atoms with Crippen molar-refractivity contribution < 1.29 is 14.6 Å². The summed E-state index contributed by atoms with van der Waals surface area (Å²) in [6, 6.07) is 3.72. The van der Waals surface area contributed by atoms with Crippen molar-refractivity contribution in [1.82, 2.24) is 4.98 Å². The van der Waals surface area contributed by atoms with Gasteiger partial charge < -0.3 is 14.6 Å². The Morgan fingerprint density at radius 3 is 2.81 bits per heavy atom. The van der Waals surface area contributed by atoms with E-state index in [1.165, 1.54) is 0 Å². The predicted octanol–water partition coefficient (Wildman–Crippen LogP) is 0.861. The highest BCUT2D eigenvalue weighted by Crippen LogP contribution is 2.20. The highest BCUT2D eigenvalue weighted by molar-refractivity contribution is 5.32. The van der Waals surface area contributed by atoms with E-state index in [-0.39, 0.29) is 12.9 Å². The third kappa shape index (κ3) is 2.80. The average molecular weight is 219 g/mol. The van der Waals surface area contributed by atoms with Crippen LogP contribution in [-0.2, 0) is 9.47 Å². The molecule has 0 bridgehead atoms. The maximum absolute atomic E-state index is 8.58. The van der Waals surface area contributed by atoms with Gasteiger partial charge in [-0.1, -0.05) is 11.8 Å². The van der Waals surface area contributed by atoms with Crippen LogP contribution in [0.1, 0.15) is 24.0 Å². The number of pyridine rings is 1. The van der Waals surface area contributed by atoms with Crippen LogP contribution in [0.4, 0.5) is 0 Å². The van der Waals surface area contributed by atoms with Gasteiger partial charge in [-0.3, -0.25) is 4.98 Å². The number of nitrogens with zero attached hydrogens (tertiary/aromatic N) is 1. The van der Waals surface area contributed by atoms with E-state index in [1.54, 1.807) is 6.20 Å². The molecule has 1 aliphatic heterocycles. The molecule has 2 rings (SSSR count). The summed E-state index contributed by atoms with van der Waals surface area (Å²) in [4.78, 5) is 4.22. The van der Waals surface area contributed by atoms with Crippen LogP contribution < -0.4 is 0 Å². The van der Waals surface area contributed by atoms with Crippen LogP contribution in [0.25, 0.3) is 0 Å². The largest absolute Gasteiger partial charge is 0.395 e. The fourth-order valence-electron chi connectivity index (χ4n) is 1.37. The Hall–Kier alpha value is -1.41. The first kappa shape index (κ1) is 11.1. The number of aliphatic hydroxyl groups excluding tert-OH is 1. The highest BCUT2D eigenvalue weighted by Gasteiger charge is 2.18. The average Bonchev–Trinajstić information content (AvgIpc) is 2.84. The van der Waals surface area contributed by atoms with Crippen molar-refractivity contribution in [2.45, 2.75) is 12.7 Å². The molecule has 1 fully saturated rings. The molecule has 2 heterocycles. The summed E-state index contributed by atoms with van der Waals surface area (Å²) in [6.07, 6.45) is 1.83. The summed E-state index contributed by atoms with van der Waals surface area (Å²) in [7, 11) is 0. The monoisotopic (exact) mass is 219 g/mol. The highest BCUT2D eigenvalue weighted by atomic mass is 16.7. The number of ether oxygens (including phenoxy) is 2. The van der Waals surface area contributed by atoms with Gasteiger partial charge >= 0.3 is 0 Å². The first-order chi connectivity index (χ1) is 7.90. The Kier molecular flexibility index (Phi) is 3.89.